The van der Waals surface area contributed by atoms with E-state index in [1.165, 1.54) is 0 Å². The van der Waals surface area contributed by atoms with Gasteiger partial charge in [0.1, 0.15) is 12.1 Å². The van der Waals surface area contributed by atoms with Crippen molar-refractivity contribution in [2.24, 2.45) is 0 Å². The summed E-state index contributed by atoms with van der Waals surface area (Å²) in [5.41, 5.74) is 3.44. The number of aromatic nitrogens is 2. The molecule has 0 N–H and O–H groups in total. The first-order chi connectivity index (χ1) is 9.78. The lowest BCUT2D eigenvalue weighted by Gasteiger charge is -2.05. The Morgan fingerprint density at radius 3 is 3.10 bits per heavy atom. The maximum atomic E-state index is 5.76. The second-order valence-corrected chi connectivity index (χ2v) is 4.35. The van der Waals surface area contributed by atoms with E-state index >= 15 is 0 Å². The molecular formula is C16H12N2O2. The molecule has 0 bridgehead atoms. The fraction of sp³-hybridized carbons (Fsp3) is 0.125. The second kappa shape index (κ2) is 5.06. The van der Waals surface area contributed by atoms with Crippen LogP contribution in [0.25, 0.3) is 22.6 Å². The highest BCUT2D eigenvalue weighted by atomic mass is 16.5. The average Bonchev–Trinajstić information content (AvgIpc) is 2.88. The van der Waals surface area contributed by atoms with Crippen molar-refractivity contribution >= 4 is 11.1 Å². The standard InChI is InChI=1S/C16H12N2O2/c1-3-8-19-15-10-17-7-6-12(15)16-18-13-9-11(2)4-5-14(13)20-16/h1,4-7,9-10H,8H2,2H3. The highest BCUT2D eigenvalue weighted by Crippen LogP contribution is 2.31. The zero-order valence-corrected chi connectivity index (χ0v) is 11.0. The van der Waals surface area contributed by atoms with Crippen LogP contribution in [0.15, 0.2) is 41.1 Å². The van der Waals surface area contributed by atoms with Gasteiger partial charge in [-0.1, -0.05) is 12.0 Å². The zero-order chi connectivity index (χ0) is 13.9. The van der Waals surface area contributed by atoms with Crippen LogP contribution in [0.1, 0.15) is 5.56 Å². The molecule has 0 saturated carbocycles. The summed E-state index contributed by atoms with van der Waals surface area (Å²) in [6.45, 7) is 2.19. The maximum Gasteiger partial charge on any atom is 0.231 e. The lowest BCUT2D eigenvalue weighted by atomic mass is 10.2. The van der Waals surface area contributed by atoms with Gasteiger partial charge in [-0.3, -0.25) is 4.98 Å². The number of aryl methyl sites for hydroxylation is 1. The Morgan fingerprint density at radius 2 is 2.25 bits per heavy atom. The molecule has 0 spiro atoms. The minimum Gasteiger partial charge on any atom is -0.478 e. The van der Waals surface area contributed by atoms with Gasteiger partial charge in [0, 0.05) is 6.20 Å². The fourth-order valence-electron chi connectivity index (χ4n) is 1.94. The molecule has 1 aromatic carbocycles. The molecule has 0 aliphatic carbocycles. The van der Waals surface area contributed by atoms with Crippen molar-refractivity contribution in [2.45, 2.75) is 6.92 Å². The summed E-state index contributed by atoms with van der Waals surface area (Å²) in [7, 11) is 0. The van der Waals surface area contributed by atoms with Gasteiger partial charge in [0.05, 0.1) is 11.8 Å². The molecule has 0 amide bonds. The minimum atomic E-state index is 0.179. The SMILES string of the molecule is C#CCOc1cnccc1-c1nc2cc(C)ccc2o1. The Bertz CT molecular complexity index is 800. The highest BCUT2D eigenvalue weighted by molar-refractivity contribution is 5.78. The van der Waals surface area contributed by atoms with Crippen LogP contribution in [0.2, 0.25) is 0 Å². The van der Waals surface area contributed by atoms with E-state index in [1.54, 1.807) is 18.5 Å². The molecule has 0 aliphatic heterocycles. The third-order valence-electron chi connectivity index (χ3n) is 2.87. The van der Waals surface area contributed by atoms with E-state index < -0.39 is 0 Å². The quantitative estimate of drug-likeness (QED) is 0.681. The molecule has 0 unspecified atom stereocenters. The van der Waals surface area contributed by atoms with Crippen LogP contribution in [0, 0.1) is 19.3 Å². The molecule has 4 nitrogen and oxygen atoms in total. The number of oxazole rings is 1. The molecule has 3 rings (SSSR count). The number of ether oxygens (including phenoxy) is 1. The van der Waals surface area contributed by atoms with Crippen LogP contribution < -0.4 is 4.74 Å². The number of benzene rings is 1. The number of hydrogen-bond donors (Lipinski definition) is 0. The van der Waals surface area contributed by atoms with Crippen LogP contribution in [-0.2, 0) is 0 Å². The molecule has 0 atom stereocenters. The topological polar surface area (TPSA) is 48.2 Å². The third-order valence-corrected chi connectivity index (χ3v) is 2.87. The number of fused-ring (bicyclic) bond motifs is 1. The van der Waals surface area contributed by atoms with Gasteiger partial charge in [0.15, 0.2) is 11.3 Å². The Kier molecular flexibility index (Phi) is 3.10. The van der Waals surface area contributed by atoms with Crippen LogP contribution in [0.5, 0.6) is 5.75 Å². The lowest BCUT2D eigenvalue weighted by molar-refractivity contribution is 0.369. The van der Waals surface area contributed by atoms with Crippen molar-refractivity contribution in [1.29, 1.82) is 0 Å². The van der Waals surface area contributed by atoms with Gasteiger partial charge in [-0.2, -0.15) is 0 Å². The van der Waals surface area contributed by atoms with E-state index in [4.69, 9.17) is 15.6 Å². The fourth-order valence-corrected chi connectivity index (χ4v) is 1.94. The Balaban J connectivity index is 2.08. The summed E-state index contributed by atoms with van der Waals surface area (Å²) in [4.78, 5) is 8.52. The summed E-state index contributed by atoms with van der Waals surface area (Å²) in [5.74, 6) is 3.49. The van der Waals surface area contributed by atoms with Crippen LogP contribution in [0.3, 0.4) is 0 Å². The molecule has 0 aliphatic rings. The predicted molar refractivity (Wildman–Crippen MR) is 76.3 cm³/mol. The van der Waals surface area contributed by atoms with Gasteiger partial charge in [-0.25, -0.2) is 4.98 Å². The number of terminal acetylenes is 1. The van der Waals surface area contributed by atoms with Gasteiger partial charge in [-0.15, -0.1) is 6.42 Å². The molecule has 2 heterocycles. The van der Waals surface area contributed by atoms with E-state index in [9.17, 15) is 0 Å². The van der Waals surface area contributed by atoms with E-state index in [2.05, 4.69) is 15.9 Å². The van der Waals surface area contributed by atoms with Gasteiger partial charge in [0.25, 0.3) is 0 Å². The Morgan fingerprint density at radius 1 is 1.35 bits per heavy atom. The predicted octanol–water partition coefficient (Wildman–Crippen LogP) is 3.21. The van der Waals surface area contributed by atoms with Crippen molar-refractivity contribution in [3.63, 3.8) is 0 Å². The molecule has 2 aromatic heterocycles. The molecule has 3 aromatic rings. The smallest absolute Gasteiger partial charge is 0.231 e. The maximum absolute atomic E-state index is 5.76. The molecule has 0 radical (unpaired) electrons. The normalized spacial score (nSPS) is 10.4. The third kappa shape index (κ3) is 2.21. The van der Waals surface area contributed by atoms with Crippen molar-refractivity contribution in [2.75, 3.05) is 6.61 Å². The van der Waals surface area contributed by atoms with E-state index in [1.807, 2.05) is 25.1 Å². The summed E-state index contributed by atoms with van der Waals surface area (Å²) in [5, 5.41) is 0. The summed E-state index contributed by atoms with van der Waals surface area (Å²) >= 11 is 0. The number of nitrogens with zero attached hydrogens (tertiary/aromatic N) is 2. The van der Waals surface area contributed by atoms with Crippen molar-refractivity contribution in [3.05, 3.63) is 42.2 Å². The summed E-state index contributed by atoms with van der Waals surface area (Å²) in [6.07, 6.45) is 8.48. The summed E-state index contributed by atoms with van der Waals surface area (Å²) < 4.78 is 11.2. The van der Waals surface area contributed by atoms with E-state index in [-0.39, 0.29) is 6.61 Å². The van der Waals surface area contributed by atoms with Crippen molar-refractivity contribution in [3.8, 4) is 29.5 Å². The Hall–Kier alpha value is -2.80. The van der Waals surface area contributed by atoms with Gasteiger partial charge >= 0.3 is 0 Å². The molecular weight excluding hydrogens is 252 g/mol. The van der Waals surface area contributed by atoms with Gasteiger partial charge < -0.3 is 9.15 Å². The number of pyridine rings is 1. The first kappa shape index (κ1) is 12.2. The largest absolute Gasteiger partial charge is 0.478 e. The van der Waals surface area contributed by atoms with Crippen LogP contribution in [-0.4, -0.2) is 16.6 Å². The number of hydrogen-bond acceptors (Lipinski definition) is 4. The number of rotatable bonds is 3. The Labute approximate surface area is 116 Å². The first-order valence-electron chi connectivity index (χ1n) is 6.16. The minimum absolute atomic E-state index is 0.179. The van der Waals surface area contributed by atoms with E-state index in [0.29, 0.717) is 11.6 Å². The molecule has 0 saturated heterocycles. The monoisotopic (exact) mass is 264 g/mol. The first-order valence-corrected chi connectivity index (χ1v) is 6.16. The van der Waals surface area contributed by atoms with Crippen molar-refractivity contribution in [1.82, 2.24) is 9.97 Å². The zero-order valence-electron chi connectivity index (χ0n) is 11.0. The molecule has 20 heavy (non-hydrogen) atoms. The highest BCUT2D eigenvalue weighted by Gasteiger charge is 2.13. The average molecular weight is 264 g/mol. The molecule has 0 fully saturated rings. The van der Waals surface area contributed by atoms with Crippen LogP contribution >= 0.6 is 0 Å². The molecule has 98 valence electrons. The second-order valence-electron chi connectivity index (χ2n) is 4.35. The van der Waals surface area contributed by atoms with Crippen molar-refractivity contribution < 1.29 is 9.15 Å². The molecule has 4 heteroatoms. The lowest BCUT2D eigenvalue weighted by Crippen LogP contribution is -1.96. The van der Waals surface area contributed by atoms with Gasteiger partial charge in [-0.05, 0) is 30.7 Å². The van der Waals surface area contributed by atoms with Gasteiger partial charge in [0.2, 0.25) is 5.89 Å². The van der Waals surface area contributed by atoms with E-state index in [0.717, 1.165) is 22.2 Å². The van der Waals surface area contributed by atoms with Crippen LogP contribution in [0.4, 0.5) is 0 Å². The summed E-state index contributed by atoms with van der Waals surface area (Å²) in [6, 6.07) is 7.67.